The molecular formula is C21H21FN6O5. The third kappa shape index (κ3) is 6.32. The van der Waals surface area contributed by atoms with Gasteiger partial charge < -0.3 is 19.7 Å². The third-order valence-corrected chi connectivity index (χ3v) is 4.51. The molecule has 2 aromatic carbocycles. The number of benzene rings is 2. The van der Waals surface area contributed by atoms with E-state index in [1.807, 2.05) is 0 Å². The van der Waals surface area contributed by atoms with Crippen molar-refractivity contribution >= 4 is 23.5 Å². The van der Waals surface area contributed by atoms with E-state index in [2.05, 4.69) is 20.8 Å². The fourth-order valence-electron chi connectivity index (χ4n) is 2.85. The number of tetrazole rings is 1. The zero-order valence-electron chi connectivity index (χ0n) is 17.9. The third-order valence-electron chi connectivity index (χ3n) is 4.51. The van der Waals surface area contributed by atoms with Crippen molar-refractivity contribution in [1.82, 2.24) is 25.1 Å². The second kappa shape index (κ2) is 10.8. The molecule has 1 aromatic heterocycles. The minimum atomic E-state index is -0.787. The first-order chi connectivity index (χ1) is 15.9. The number of carbonyl (C=O) groups is 3. The lowest BCUT2D eigenvalue weighted by Crippen LogP contribution is -2.31. The molecular weight excluding hydrogens is 435 g/mol. The quantitative estimate of drug-likeness (QED) is 0.477. The smallest absolute Gasteiger partial charge is 0.340 e. The molecule has 12 heteroatoms. The van der Waals surface area contributed by atoms with Crippen molar-refractivity contribution in [2.45, 2.75) is 13.1 Å². The van der Waals surface area contributed by atoms with Gasteiger partial charge in [0.2, 0.25) is 5.91 Å². The Bertz CT molecular complexity index is 1140. The molecule has 0 saturated heterocycles. The van der Waals surface area contributed by atoms with E-state index in [1.165, 1.54) is 54.3 Å². The summed E-state index contributed by atoms with van der Waals surface area (Å²) in [5, 5.41) is 13.1. The van der Waals surface area contributed by atoms with Crippen LogP contribution in [0.3, 0.4) is 0 Å². The molecule has 0 atom stereocenters. The van der Waals surface area contributed by atoms with Crippen molar-refractivity contribution in [3.63, 3.8) is 0 Å². The van der Waals surface area contributed by atoms with Crippen molar-refractivity contribution < 1.29 is 28.2 Å². The van der Waals surface area contributed by atoms with E-state index < -0.39 is 30.2 Å². The predicted octanol–water partition coefficient (Wildman–Crippen LogP) is 1.27. The van der Waals surface area contributed by atoms with E-state index in [0.29, 0.717) is 5.56 Å². The SMILES string of the molecule is COc1ccc(CN(C)C(=O)COC(=O)c2ccccc2NC(=O)Cn2cnnn2)cc1F. The minimum absolute atomic E-state index is 0.0789. The number of rotatable bonds is 9. The van der Waals surface area contributed by atoms with Crippen LogP contribution in [0.1, 0.15) is 15.9 Å². The van der Waals surface area contributed by atoms with Crippen LogP contribution in [0.25, 0.3) is 0 Å². The molecule has 0 fully saturated rings. The summed E-state index contributed by atoms with van der Waals surface area (Å²) in [5.74, 6) is -2.16. The monoisotopic (exact) mass is 456 g/mol. The number of methoxy groups -OCH3 is 1. The number of para-hydroxylation sites is 1. The Morgan fingerprint density at radius 3 is 2.67 bits per heavy atom. The molecule has 0 aliphatic heterocycles. The summed E-state index contributed by atoms with van der Waals surface area (Å²) in [7, 11) is 2.87. The number of nitrogens with zero attached hydrogens (tertiary/aromatic N) is 5. The average Bonchev–Trinajstić information content (AvgIpc) is 3.30. The van der Waals surface area contributed by atoms with Gasteiger partial charge in [-0.1, -0.05) is 18.2 Å². The standard InChI is InChI=1S/C21H21FN6O5/c1-27(10-14-7-8-18(32-2)16(22)9-14)20(30)12-33-21(31)15-5-3-4-6-17(15)24-19(29)11-28-13-23-25-26-28/h3-9,13H,10-12H2,1-2H3,(H,24,29). The number of nitrogens with one attached hydrogen (secondary N) is 1. The molecule has 2 amide bonds. The van der Waals surface area contributed by atoms with E-state index in [4.69, 9.17) is 9.47 Å². The molecule has 0 spiro atoms. The van der Waals surface area contributed by atoms with Crippen LogP contribution in [0.2, 0.25) is 0 Å². The molecule has 0 unspecified atom stereocenters. The number of aromatic nitrogens is 4. The largest absolute Gasteiger partial charge is 0.494 e. The number of halogens is 1. The summed E-state index contributed by atoms with van der Waals surface area (Å²) in [6.07, 6.45) is 1.28. The number of likely N-dealkylation sites (N-methyl/N-ethyl adjacent to an activating group) is 1. The number of carbonyl (C=O) groups excluding carboxylic acids is 3. The van der Waals surface area contributed by atoms with Gasteiger partial charge >= 0.3 is 5.97 Å². The molecule has 3 aromatic rings. The summed E-state index contributed by atoms with van der Waals surface area (Å²) >= 11 is 0. The molecule has 0 bridgehead atoms. The van der Waals surface area contributed by atoms with Crippen LogP contribution in [-0.2, 0) is 27.4 Å². The second-order valence-electron chi connectivity index (χ2n) is 6.90. The first-order valence-corrected chi connectivity index (χ1v) is 9.70. The van der Waals surface area contributed by atoms with Gasteiger partial charge in [-0.3, -0.25) is 9.59 Å². The molecule has 0 aliphatic rings. The maximum absolute atomic E-state index is 13.8. The summed E-state index contributed by atoms with van der Waals surface area (Å²) in [4.78, 5) is 38.4. The number of hydrogen-bond acceptors (Lipinski definition) is 8. The van der Waals surface area contributed by atoms with E-state index >= 15 is 0 Å². The second-order valence-corrected chi connectivity index (χ2v) is 6.90. The number of hydrogen-bond donors (Lipinski definition) is 1. The van der Waals surface area contributed by atoms with E-state index in [-0.39, 0.29) is 30.1 Å². The van der Waals surface area contributed by atoms with Crippen molar-refractivity contribution in [3.8, 4) is 5.75 Å². The Kier molecular flexibility index (Phi) is 7.63. The first-order valence-electron chi connectivity index (χ1n) is 9.70. The predicted molar refractivity (Wildman–Crippen MR) is 113 cm³/mol. The van der Waals surface area contributed by atoms with E-state index in [9.17, 15) is 18.8 Å². The van der Waals surface area contributed by atoms with Crippen LogP contribution in [0, 0.1) is 5.82 Å². The van der Waals surface area contributed by atoms with Gasteiger partial charge in [-0.05, 0) is 40.3 Å². The number of esters is 1. The molecule has 33 heavy (non-hydrogen) atoms. The van der Waals surface area contributed by atoms with Gasteiger partial charge in [0, 0.05) is 13.6 Å². The van der Waals surface area contributed by atoms with Crippen LogP contribution in [0.4, 0.5) is 10.1 Å². The molecule has 0 radical (unpaired) electrons. The van der Waals surface area contributed by atoms with Crippen LogP contribution in [-0.4, -0.2) is 63.7 Å². The zero-order valence-corrected chi connectivity index (χ0v) is 17.9. The highest BCUT2D eigenvalue weighted by atomic mass is 19.1. The minimum Gasteiger partial charge on any atom is -0.494 e. The average molecular weight is 456 g/mol. The molecule has 11 nitrogen and oxygen atoms in total. The highest BCUT2D eigenvalue weighted by Crippen LogP contribution is 2.19. The Hall–Kier alpha value is -4.35. The Morgan fingerprint density at radius 1 is 1.18 bits per heavy atom. The van der Waals surface area contributed by atoms with Crippen LogP contribution in [0.5, 0.6) is 5.75 Å². The highest BCUT2D eigenvalue weighted by Gasteiger charge is 2.18. The van der Waals surface area contributed by atoms with Gasteiger partial charge in [-0.2, -0.15) is 0 Å². The molecule has 1 N–H and O–H groups in total. The van der Waals surface area contributed by atoms with Crippen molar-refractivity contribution in [2.24, 2.45) is 0 Å². The van der Waals surface area contributed by atoms with E-state index in [1.54, 1.807) is 18.2 Å². The number of amides is 2. The van der Waals surface area contributed by atoms with E-state index in [0.717, 1.165) is 0 Å². The maximum Gasteiger partial charge on any atom is 0.340 e. The van der Waals surface area contributed by atoms with Gasteiger partial charge in [0.05, 0.1) is 18.4 Å². The van der Waals surface area contributed by atoms with Crippen molar-refractivity contribution in [2.75, 3.05) is 26.1 Å². The summed E-state index contributed by atoms with van der Waals surface area (Å²) < 4.78 is 25.1. The van der Waals surface area contributed by atoms with Gasteiger partial charge in [0.15, 0.2) is 18.2 Å². The molecule has 1 heterocycles. The molecule has 3 rings (SSSR count). The normalized spacial score (nSPS) is 10.4. The lowest BCUT2D eigenvalue weighted by molar-refractivity contribution is -0.133. The summed E-state index contributed by atoms with van der Waals surface area (Å²) in [5.41, 5.74) is 0.844. The maximum atomic E-state index is 13.8. The van der Waals surface area contributed by atoms with Crippen molar-refractivity contribution in [1.29, 1.82) is 0 Å². The summed E-state index contributed by atoms with van der Waals surface area (Å²) in [6, 6.07) is 10.6. The van der Waals surface area contributed by atoms with Gasteiger partial charge in [-0.15, -0.1) is 5.10 Å². The Balaban J connectivity index is 1.56. The lowest BCUT2D eigenvalue weighted by atomic mass is 10.2. The van der Waals surface area contributed by atoms with Crippen molar-refractivity contribution in [3.05, 3.63) is 65.7 Å². The molecule has 0 saturated carbocycles. The van der Waals surface area contributed by atoms with Crippen LogP contribution in [0.15, 0.2) is 48.8 Å². The topological polar surface area (TPSA) is 129 Å². The highest BCUT2D eigenvalue weighted by molar-refractivity contribution is 6.01. The van der Waals surface area contributed by atoms with Crippen LogP contribution >= 0.6 is 0 Å². The number of anilines is 1. The fraction of sp³-hybridized carbons (Fsp3) is 0.238. The molecule has 172 valence electrons. The van der Waals surface area contributed by atoms with Gasteiger partial charge in [0.1, 0.15) is 12.9 Å². The fourth-order valence-corrected chi connectivity index (χ4v) is 2.85. The Morgan fingerprint density at radius 2 is 1.97 bits per heavy atom. The number of ether oxygens (including phenoxy) is 2. The van der Waals surface area contributed by atoms with Gasteiger partial charge in [-0.25, -0.2) is 13.9 Å². The zero-order chi connectivity index (χ0) is 23.8. The lowest BCUT2D eigenvalue weighted by Gasteiger charge is -2.18. The summed E-state index contributed by atoms with van der Waals surface area (Å²) in [6.45, 7) is -0.562. The Labute approximate surface area is 188 Å². The first kappa shape index (κ1) is 23.3. The van der Waals surface area contributed by atoms with Crippen LogP contribution < -0.4 is 10.1 Å². The van der Waals surface area contributed by atoms with Gasteiger partial charge in [0.25, 0.3) is 5.91 Å². The molecule has 0 aliphatic carbocycles.